The highest BCUT2D eigenvalue weighted by atomic mass is 35.5. The molecule has 29 heavy (non-hydrogen) atoms. The molecule has 0 amide bonds. The third kappa shape index (κ3) is 4.40. The quantitative estimate of drug-likeness (QED) is 0.200. The highest BCUT2D eigenvalue weighted by molar-refractivity contribution is 7.18. The minimum atomic E-state index is -1.12. The first kappa shape index (κ1) is 20.8. The molecule has 1 aromatic carbocycles. The van der Waals surface area contributed by atoms with Gasteiger partial charge >= 0.3 is 5.97 Å². The molecule has 0 saturated heterocycles. The van der Waals surface area contributed by atoms with Crippen LogP contribution in [0.4, 0.5) is 10.9 Å². The van der Waals surface area contributed by atoms with Crippen molar-refractivity contribution in [2.45, 2.75) is 0 Å². The standard InChI is InChI=1S/C17H15Cl2N7O2S/c1-26(21)15(25-20)13-12(8-4-5-10(18)11(19)7-8)23-17(29-13)24-14-9(16(27)28)3-2-6-22-14/h2-7H,20-21H2,1H3,(H,27,28)(H,22,23,24)/b25-15-. The molecule has 6 N–H and O–H groups in total. The number of hydrazine groups is 1. The fourth-order valence-electron chi connectivity index (χ4n) is 2.45. The van der Waals surface area contributed by atoms with Gasteiger partial charge in [-0.15, -0.1) is 0 Å². The largest absolute Gasteiger partial charge is 0.478 e. The number of carboxylic acid groups (broad SMARTS) is 1. The number of nitrogens with zero attached hydrogens (tertiary/aromatic N) is 4. The van der Waals surface area contributed by atoms with Gasteiger partial charge in [0, 0.05) is 18.8 Å². The minimum absolute atomic E-state index is 0.00370. The van der Waals surface area contributed by atoms with Crippen molar-refractivity contribution in [1.82, 2.24) is 15.0 Å². The molecule has 0 atom stereocenters. The highest BCUT2D eigenvalue weighted by Gasteiger charge is 2.22. The number of carboxylic acids is 1. The molecular weight excluding hydrogens is 437 g/mol. The predicted molar refractivity (Wildman–Crippen MR) is 115 cm³/mol. The number of hydrogen-bond donors (Lipinski definition) is 4. The van der Waals surface area contributed by atoms with Gasteiger partial charge in [0.15, 0.2) is 11.0 Å². The van der Waals surface area contributed by atoms with Gasteiger partial charge in [-0.3, -0.25) is 5.01 Å². The van der Waals surface area contributed by atoms with Crippen LogP contribution in [0, 0.1) is 0 Å². The molecule has 12 heteroatoms. The summed E-state index contributed by atoms with van der Waals surface area (Å²) in [6.45, 7) is 0. The third-order valence-electron chi connectivity index (χ3n) is 3.74. The number of aromatic carboxylic acids is 1. The number of anilines is 2. The van der Waals surface area contributed by atoms with Crippen LogP contribution in [0.15, 0.2) is 41.6 Å². The first-order chi connectivity index (χ1) is 13.8. The maximum absolute atomic E-state index is 11.4. The van der Waals surface area contributed by atoms with E-state index in [2.05, 4.69) is 20.4 Å². The second-order valence-corrected chi connectivity index (χ2v) is 7.53. The van der Waals surface area contributed by atoms with Gasteiger partial charge in [0.25, 0.3) is 0 Å². The normalized spacial score (nSPS) is 11.4. The zero-order valence-corrected chi connectivity index (χ0v) is 17.3. The number of nitrogens with one attached hydrogen (secondary N) is 1. The molecule has 9 nitrogen and oxygen atoms in total. The highest BCUT2D eigenvalue weighted by Crippen LogP contribution is 2.36. The summed E-state index contributed by atoms with van der Waals surface area (Å²) >= 11 is 13.3. The lowest BCUT2D eigenvalue weighted by molar-refractivity contribution is 0.0697. The van der Waals surface area contributed by atoms with Crippen molar-refractivity contribution < 1.29 is 9.90 Å². The minimum Gasteiger partial charge on any atom is -0.478 e. The number of rotatable bonds is 5. The van der Waals surface area contributed by atoms with E-state index in [4.69, 9.17) is 34.9 Å². The van der Waals surface area contributed by atoms with Crippen LogP contribution in [0.1, 0.15) is 15.2 Å². The molecular formula is C17H15Cl2N7O2S. The molecule has 0 unspecified atom stereocenters. The number of aromatic nitrogens is 2. The van der Waals surface area contributed by atoms with E-state index in [1.54, 1.807) is 25.2 Å². The molecule has 0 saturated carbocycles. The SMILES string of the molecule is CN(N)/C(=N\N)c1sc(Nc2ncccc2C(=O)O)nc1-c1ccc(Cl)c(Cl)c1. The lowest BCUT2D eigenvalue weighted by Gasteiger charge is -2.13. The molecule has 3 rings (SSSR count). The number of nitrogens with two attached hydrogens (primary N) is 2. The maximum Gasteiger partial charge on any atom is 0.339 e. The van der Waals surface area contributed by atoms with E-state index >= 15 is 0 Å². The Morgan fingerprint density at radius 2 is 2.07 bits per heavy atom. The fourth-order valence-corrected chi connectivity index (χ4v) is 3.78. The topological polar surface area (TPSA) is 143 Å². The number of amidine groups is 1. The molecule has 0 bridgehead atoms. The van der Waals surface area contributed by atoms with Gasteiger partial charge in [-0.05, 0) is 24.3 Å². The average molecular weight is 452 g/mol. The molecule has 0 fully saturated rings. The van der Waals surface area contributed by atoms with E-state index in [1.807, 2.05) is 0 Å². The number of hydrogen-bond acceptors (Lipinski definition) is 8. The molecule has 3 aromatic rings. The monoisotopic (exact) mass is 451 g/mol. The first-order valence-electron chi connectivity index (χ1n) is 8.00. The average Bonchev–Trinajstić information content (AvgIpc) is 3.08. The Balaban J connectivity index is 2.12. The van der Waals surface area contributed by atoms with Crippen molar-refractivity contribution in [2.75, 3.05) is 12.4 Å². The van der Waals surface area contributed by atoms with E-state index in [0.717, 1.165) is 0 Å². The van der Waals surface area contributed by atoms with E-state index in [-0.39, 0.29) is 17.2 Å². The van der Waals surface area contributed by atoms with Gasteiger partial charge in [0.05, 0.1) is 15.7 Å². The molecule has 2 heterocycles. The summed E-state index contributed by atoms with van der Waals surface area (Å²) in [6, 6.07) is 8.01. The molecule has 0 aliphatic heterocycles. The molecule has 0 spiro atoms. The summed E-state index contributed by atoms with van der Waals surface area (Å²) in [5.74, 6) is 10.7. The molecule has 150 valence electrons. The van der Waals surface area contributed by atoms with E-state index < -0.39 is 5.97 Å². The Labute approximate surface area is 179 Å². The zero-order chi connectivity index (χ0) is 21.1. The third-order valence-corrected chi connectivity index (χ3v) is 5.45. The van der Waals surface area contributed by atoms with Crippen molar-refractivity contribution in [3.05, 3.63) is 57.0 Å². The summed E-state index contributed by atoms with van der Waals surface area (Å²) in [4.78, 5) is 20.6. The zero-order valence-electron chi connectivity index (χ0n) is 14.9. The van der Waals surface area contributed by atoms with Crippen LogP contribution in [0.25, 0.3) is 11.3 Å². The van der Waals surface area contributed by atoms with Crippen LogP contribution in [0.5, 0.6) is 0 Å². The molecule has 0 aliphatic rings. The molecule has 0 radical (unpaired) electrons. The smallest absolute Gasteiger partial charge is 0.339 e. The fraction of sp³-hybridized carbons (Fsp3) is 0.0588. The van der Waals surface area contributed by atoms with Crippen LogP contribution in [0.3, 0.4) is 0 Å². The Hall–Kier alpha value is -2.92. The van der Waals surface area contributed by atoms with Crippen molar-refractivity contribution in [3.8, 4) is 11.3 Å². The van der Waals surface area contributed by atoms with Gasteiger partial charge in [-0.1, -0.05) is 40.6 Å². The number of pyridine rings is 1. The second kappa shape index (κ2) is 8.62. The molecule has 2 aromatic heterocycles. The summed E-state index contributed by atoms with van der Waals surface area (Å²) in [5.41, 5.74) is 1.15. The van der Waals surface area contributed by atoms with Gasteiger partial charge in [0.2, 0.25) is 0 Å². The lowest BCUT2D eigenvalue weighted by atomic mass is 10.1. The van der Waals surface area contributed by atoms with Crippen LogP contribution in [-0.4, -0.2) is 38.9 Å². The maximum atomic E-state index is 11.4. The lowest BCUT2D eigenvalue weighted by Crippen LogP contribution is -2.34. The predicted octanol–water partition coefficient (Wildman–Crippen LogP) is 3.38. The molecule has 0 aliphatic carbocycles. The van der Waals surface area contributed by atoms with Crippen LogP contribution >= 0.6 is 34.5 Å². The summed E-state index contributed by atoms with van der Waals surface area (Å²) < 4.78 is 0. The van der Waals surface area contributed by atoms with Gasteiger partial charge < -0.3 is 16.3 Å². The Morgan fingerprint density at radius 3 is 2.69 bits per heavy atom. The van der Waals surface area contributed by atoms with Crippen LogP contribution < -0.4 is 17.0 Å². The van der Waals surface area contributed by atoms with E-state index in [0.29, 0.717) is 31.3 Å². The van der Waals surface area contributed by atoms with Gasteiger partial charge in [0.1, 0.15) is 16.3 Å². The Morgan fingerprint density at radius 1 is 1.31 bits per heavy atom. The number of thiazole rings is 1. The van der Waals surface area contributed by atoms with Crippen LogP contribution in [-0.2, 0) is 0 Å². The number of hydrazone groups is 1. The van der Waals surface area contributed by atoms with Crippen molar-refractivity contribution in [3.63, 3.8) is 0 Å². The first-order valence-corrected chi connectivity index (χ1v) is 9.57. The van der Waals surface area contributed by atoms with Crippen molar-refractivity contribution >= 4 is 57.3 Å². The van der Waals surface area contributed by atoms with Crippen molar-refractivity contribution in [2.24, 2.45) is 16.8 Å². The van der Waals surface area contributed by atoms with E-state index in [9.17, 15) is 9.90 Å². The van der Waals surface area contributed by atoms with Gasteiger partial charge in [-0.2, -0.15) is 5.10 Å². The summed E-state index contributed by atoms with van der Waals surface area (Å²) in [6.07, 6.45) is 1.48. The van der Waals surface area contributed by atoms with Crippen molar-refractivity contribution in [1.29, 1.82) is 0 Å². The number of benzene rings is 1. The van der Waals surface area contributed by atoms with Gasteiger partial charge in [-0.25, -0.2) is 20.6 Å². The number of carbonyl (C=O) groups is 1. The summed E-state index contributed by atoms with van der Waals surface area (Å²) in [7, 11) is 1.58. The van der Waals surface area contributed by atoms with E-state index in [1.165, 1.54) is 34.7 Å². The van der Waals surface area contributed by atoms with Crippen LogP contribution in [0.2, 0.25) is 10.0 Å². The summed E-state index contributed by atoms with van der Waals surface area (Å²) in [5, 5.41) is 18.4. The number of halogens is 2. The Kier molecular flexibility index (Phi) is 6.18. The Bertz CT molecular complexity index is 1100. The second-order valence-electron chi connectivity index (χ2n) is 5.72.